The van der Waals surface area contributed by atoms with Crippen molar-refractivity contribution in [3.63, 3.8) is 0 Å². The van der Waals surface area contributed by atoms with Crippen LogP contribution < -0.4 is 11.1 Å². The average Bonchev–Trinajstić information content (AvgIpc) is 3.02. The minimum absolute atomic E-state index is 0.173. The van der Waals surface area contributed by atoms with E-state index in [0.29, 0.717) is 18.0 Å². The van der Waals surface area contributed by atoms with Gasteiger partial charge in [0.05, 0.1) is 6.10 Å². The summed E-state index contributed by atoms with van der Waals surface area (Å²) < 4.78 is 7.24. The lowest BCUT2D eigenvalue weighted by molar-refractivity contribution is 0.0134. The van der Waals surface area contributed by atoms with Crippen LogP contribution in [-0.2, 0) is 4.74 Å². The number of rotatable bonds is 5. The molecule has 0 bridgehead atoms. The molecular weight excluding hydrogens is 270 g/mol. The number of hydrogen-bond donors (Lipinski definition) is 2. The van der Waals surface area contributed by atoms with Crippen molar-refractivity contribution >= 4 is 11.9 Å². The standard InChI is InChI=1S/C13H19N7O/c14-11-17-12(15-7-5-10-4-1-2-9-21-10)19-13(18-11)20-8-3-6-16-20/h3,6,8,10H,1-2,4-5,7,9H2,(H3,14,15,17,18,19). The van der Waals surface area contributed by atoms with Crippen molar-refractivity contribution in [1.82, 2.24) is 24.7 Å². The van der Waals surface area contributed by atoms with Crippen LogP contribution in [0.2, 0.25) is 0 Å². The zero-order valence-corrected chi connectivity index (χ0v) is 11.8. The van der Waals surface area contributed by atoms with Crippen LogP contribution in [-0.4, -0.2) is 44.0 Å². The fourth-order valence-corrected chi connectivity index (χ4v) is 2.33. The van der Waals surface area contributed by atoms with Gasteiger partial charge in [-0.2, -0.15) is 20.1 Å². The molecule has 1 fully saturated rings. The van der Waals surface area contributed by atoms with Crippen LogP contribution in [0.3, 0.4) is 0 Å². The molecule has 8 nitrogen and oxygen atoms in total. The summed E-state index contributed by atoms with van der Waals surface area (Å²) in [7, 11) is 0. The Hall–Kier alpha value is -2.22. The molecule has 0 aliphatic carbocycles. The van der Waals surface area contributed by atoms with Gasteiger partial charge in [0, 0.05) is 25.5 Å². The number of nitrogens with one attached hydrogen (secondary N) is 1. The fourth-order valence-electron chi connectivity index (χ4n) is 2.33. The smallest absolute Gasteiger partial charge is 0.257 e. The number of hydrogen-bond acceptors (Lipinski definition) is 7. The first-order chi connectivity index (χ1) is 10.3. The van der Waals surface area contributed by atoms with E-state index in [-0.39, 0.29) is 5.95 Å². The van der Waals surface area contributed by atoms with Crippen molar-refractivity contribution in [3.8, 4) is 5.95 Å². The highest BCUT2D eigenvalue weighted by Crippen LogP contribution is 2.15. The van der Waals surface area contributed by atoms with E-state index in [1.165, 1.54) is 12.8 Å². The second-order valence-electron chi connectivity index (χ2n) is 4.97. The molecule has 21 heavy (non-hydrogen) atoms. The minimum Gasteiger partial charge on any atom is -0.378 e. The number of nitrogens with two attached hydrogens (primary N) is 1. The van der Waals surface area contributed by atoms with Crippen molar-refractivity contribution in [2.24, 2.45) is 0 Å². The summed E-state index contributed by atoms with van der Waals surface area (Å²) in [5.41, 5.74) is 5.71. The lowest BCUT2D eigenvalue weighted by Gasteiger charge is -2.22. The molecule has 0 radical (unpaired) electrons. The van der Waals surface area contributed by atoms with E-state index >= 15 is 0 Å². The lowest BCUT2D eigenvalue weighted by Crippen LogP contribution is -2.22. The maximum absolute atomic E-state index is 5.71. The van der Waals surface area contributed by atoms with Gasteiger partial charge >= 0.3 is 0 Å². The first-order valence-corrected chi connectivity index (χ1v) is 7.18. The highest BCUT2D eigenvalue weighted by molar-refractivity contribution is 5.34. The largest absolute Gasteiger partial charge is 0.378 e. The molecule has 0 saturated carbocycles. The molecule has 0 spiro atoms. The second-order valence-corrected chi connectivity index (χ2v) is 4.97. The Morgan fingerprint density at radius 1 is 1.33 bits per heavy atom. The van der Waals surface area contributed by atoms with E-state index < -0.39 is 0 Å². The van der Waals surface area contributed by atoms with Gasteiger partial charge in [0.25, 0.3) is 5.95 Å². The van der Waals surface area contributed by atoms with Gasteiger partial charge in [-0.1, -0.05) is 0 Å². The van der Waals surface area contributed by atoms with Crippen molar-refractivity contribution in [2.45, 2.75) is 31.8 Å². The van der Waals surface area contributed by atoms with Crippen LogP contribution in [0, 0.1) is 0 Å². The van der Waals surface area contributed by atoms with Crippen LogP contribution in [0.25, 0.3) is 5.95 Å². The van der Waals surface area contributed by atoms with Gasteiger partial charge in [-0.05, 0) is 31.7 Å². The van der Waals surface area contributed by atoms with Crippen LogP contribution in [0.4, 0.5) is 11.9 Å². The van der Waals surface area contributed by atoms with Crippen LogP contribution >= 0.6 is 0 Å². The Morgan fingerprint density at radius 2 is 2.29 bits per heavy atom. The second kappa shape index (κ2) is 6.49. The van der Waals surface area contributed by atoms with Gasteiger partial charge in [-0.15, -0.1) is 0 Å². The molecular formula is C13H19N7O. The van der Waals surface area contributed by atoms with Gasteiger partial charge in [-0.25, -0.2) is 4.68 Å². The summed E-state index contributed by atoms with van der Waals surface area (Å²) in [6.07, 6.45) is 8.22. The number of nitrogens with zero attached hydrogens (tertiary/aromatic N) is 5. The van der Waals surface area contributed by atoms with Crippen LogP contribution in [0.15, 0.2) is 18.5 Å². The minimum atomic E-state index is 0.173. The van der Waals surface area contributed by atoms with Gasteiger partial charge in [0.1, 0.15) is 0 Å². The molecule has 3 rings (SSSR count). The topological polar surface area (TPSA) is 104 Å². The zero-order chi connectivity index (χ0) is 14.5. The third-order valence-corrected chi connectivity index (χ3v) is 3.37. The molecule has 0 aromatic carbocycles. The molecule has 2 aromatic rings. The highest BCUT2D eigenvalue weighted by Gasteiger charge is 2.13. The first kappa shape index (κ1) is 13.7. The van der Waals surface area contributed by atoms with Crippen LogP contribution in [0.1, 0.15) is 25.7 Å². The first-order valence-electron chi connectivity index (χ1n) is 7.18. The predicted octanol–water partition coefficient (Wildman–Crippen LogP) is 1.01. The zero-order valence-electron chi connectivity index (χ0n) is 11.8. The van der Waals surface area contributed by atoms with Crippen LogP contribution in [0.5, 0.6) is 0 Å². The van der Waals surface area contributed by atoms with Crippen molar-refractivity contribution in [1.29, 1.82) is 0 Å². The summed E-state index contributed by atoms with van der Waals surface area (Å²) in [6, 6.07) is 1.80. The summed E-state index contributed by atoms with van der Waals surface area (Å²) in [5.74, 6) is 1.04. The van der Waals surface area contributed by atoms with Crippen molar-refractivity contribution in [2.75, 3.05) is 24.2 Å². The molecule has 1 atom stereocenters. The monoisotopic (exact) mass is 289 g/mol. The molecule has 112 valence electrons. The Morgan fingerprint density at radius 3 is 3.05 bits per heavy atom. The maximum Gasteiger partial charge on any atom is 0.257 e. The molecule has 0 amide bonds. The summed E-state index contributed by atoms with van der Waals surface area (Å²) in [4.78, 5) is 12.5. The number of ether oxygens (including phenoxy) is 1. The molecule has 3 N–H and O–H groups in total. The summed E-state index contributed by atoms with van der Waals surface area (Å²) >= 11 is 0. The third kappa shape index (κ3) is 3.66. The van der Waals surface area contributed by atoms with Gasteiger partial charge in [0.2, 0.25) is 11.9 Å². The number of anilines is 2. The molecule has 1 aliphatic heterocycles. The summed E-state index contributed by atoms with van der Waals surface area (Å²) in [6.45, 7) is 1.61. The SMILES string of the molecule is Nc1nc(NCCC2CCCCO2)nc(-n2cccn2)n1. The molecule has 3 heterocycles. The normalized spacial score (nSPS) is 18.6. The molecule has 8 heteroatoms. The predicted molar refractivity (Wildman–Crippen MR) is 78.1 cm³/mol. The van der Waals surface area contributed by atoms with E-state index in [4.69, 9.17) is 10.5 Å². The molecule has 2 aromatic heterocycles. The van der Waals surface area contributed by atoms with Crippen molar-refractivity contribution in [3.05, 3.63) is 18.5 Å². The van der Waals surface area contributed by atoms with Crippen molar-refractivity contribution < 1.29 is 4.74 Å². The van der Waals surface area contributed by atoms with E-state index in [1.54, 1.807) is 23.1 Å². The highest BCUT2D eigenvalue weighted by atomic mass is 16.5. The Kier molecular flexibility index (Phi) is 4.25. The van der Waals surface area contributed by atoms with Gasteiger partial charge in [-0.3, -0.25) is 0 Å². The van der Waals surface area contributed by atoms with E-state index in [2.05, 4.69) is 25.4 Å². The fraction of sp³-hybridized carbons (Fsp3) is 0.538. The average molecular weight is 289 g/mol. The Balaban J connectivity index is 1.60. The quantitative estimate of drug-likeness (QED) is 0.846. The number of nitrogen functional groups attached to an aromatic ring is 1. The third-order valence-electron chi connectivity index (χ3n) is 3.37. The number of aromatic nitrogens is 5. The molecule has 1 aliphatic rings. The molecule has 1 saturated heterocycles. The van der Waals surface area contributed by atoms with Gasteiger partial charge in [0.15, 0.2) is 0 Å². The lowest BCUT2D eigenvalue weighted by atomic mass is 10.1. The Labute approximate surface area is 122 Å². The maximum atomic E-state index is 5.71. The Bertz CT molecular complexity index is 566. The molecule has 1 unspecified atom stereocenters. The summed E-state index contributed by atoms with van der Waals surface area (Å²) in [5, 5.41) is 7.25. The van der Waals surface area contributed by atoms with E-state index in [1.807, 2.05) is 0 Å². The van der Waals surface area contributed by atoms with Gasteiger partial charge < -0.3 is 15.8 Å². The van der Waals surface area contributed by atoms with E-state index in [0.717, 1.165) is 26.0 Å². The van der Waals surface area contributed by atoms with E-state index in [9.17, 15) is 0 Å².